The summed E-state index contributed by atoms with van der Waals surface area (Å²) < 4.78 is 5.76. The fraction of sp³-hybridized carbons (Fsp3) is 0.267. The summed E-state index contributed by atoms with van der Waals surface area (Å²) in [5.74, 6) is 0. The van der Waals surface area contributed by atoms with Gasteiger partial charge in [-0.15, -0.1) is 11.3 Å². The van der Waals surface area contributed by atoms with Gasteiger partial charge in [-0.05, 0) is 23.1 Å². The van der Waals surface area contributed by atoms with Crippen molar-refractivity contribution < 1.29 is 9.53 Å². The Balaban J connectivity index is 1.64. The number of ether oxygens (including phenoxy) is 1. The van der Waals surface area contributed by atoms with Crippen LogP contribution in [-0.2, 0) is 4.74 Å². The Bertz CT molecular complexity index is 557. The van der Waals surface area contributed by atoms with Crippen molar-refractivity contribution in [2.24, 2.45) is 0 Å². The second-order valence-electron chi connectivity index (χ2n) is 4.62. The molecule has 3 rings (SSSR count). The van der Waals surface area contributed by atoms with E-state index in [-0.39, 0.29) is 12.1 Å². The van der Waals surface area contributed by atoms with E-state index in [1.165, 1.54) is 11.3 Å². The summed E-state index contributed by atoms with van der Waals surface area (Å²) >= 11 is 1.52. The number of nitrogens with one attached hydrogen (secondary N) is 1. The van der Waals surface area contributed by atoms with Crippen molar-refractivity contribution in [2.45, 2.75) is 6.10 Å². The molecular formula is C15H16N2O2S. The molecule has 0 radical (unpaired) electrons. The lowest BCUT2D eigenvalue weighted by Gasteiger charge is -2.33. The van der Waals surface area contributed by atoms with Crippen LogP contribution in [0.25, 0.3) is 0 Å². The lowest BCUT2D eigenvalue weighted by Crippen LogP contribution is -2.44. The van der Waals surface area contributed by atoms with Crippen LogP contribution in [0.4, 0.5) is 9.80 Å². The summed E-state index contributed by atoms with van der Waals surface area (Å²) in [6, 6.07) is 13.8. The van der Waals surface area contributed by atoms with Gasteiger partial charge in [0.15, 0.2) is 0 Å². The Labute approximate surface area is 122 Å². The maximum absolute atomic E-state index is 12.2. The summed E-state index contributed by atoms with van der Waals surface area (Å²) in [5, 5.41) is 5.73. The maximum Gasteiger partial charge on any atom is 0.322 e. The molecule has 104 valence electrons. The van der Waals surface area contributed by atoms with Crippen molar-refractivity contribution in [3.8, 4) is 0 Å². The van der Waals surface area contributed by atoms with Crippen molar-refractivity contribution >= 4 is 22.4 Å². The summed E-state index contributed by atoms with van der Waals surface area (Å²) in [4.78, 5) is 14.0. The molecule has 1 N–H and O–H groups in total. The van der Waals surface area contributed by atoms with Gasteiger partial charge in [0.05, 0.1) is 18.2 Å². The van der Waals surface area contributed by atoms with Crippen molar-refractivity contribution in [1.29, 1.82) is 0 Å². The first-order chi connectivity index (χ1) is 9.83. The minimum Gasteiger partial charge on any atom is -0.370 e. The molecule has 5 heteroatoms. The smallest absolute Gasteiger partial charge is 0.322 e. The summed E-state index contributed by atoms with van der Waals surface area (Å²) in [6.45, 7) is 1.78. The summed E-state index contributed by atoms with van der Waals surface area (Å²) in [6.07, 6.45) is -0.0426. The predicted molar refractivity (Wildman–Crippen MR) is 80.0 cm³/mol. The zero-order chi connectivity index (χ0) is 13.8. The Hall–Kier alpha value is -1.85. The number of carbonyl (C=O) groups is 1. The molecule has 0 unspecified atom stereocenters. The number of nitrogens with zero attached hydrogens (tertiary/aromatic N) is 1. The third-order valence-corrected chi connectivity index (χ3v) is 4.06. The molecule has 1 atom stereocenters. The Morgan fingerprint density at radius 2 is 2.10 bits per heavy atom. The number of morpholine rings is 1. The first-order valence-electron chi connectivity index (χ1n) is 6.59. The molecule has 1 aliphatic rings. The van der Waals surface area contributed by atoms with E-state index in [0.717, 1.165) is 10.6 Å². The number of carbonyl (C=O) groups excluding carboxylic acids is 1. The van der Waals surface area contributed by atoms with E-state index >= 15 is 0 Å². The molecule has 1 fully saturated rings. The predicted octanol–water partition coefficient (Wildman–Crippen LogP) is 3.35. The molecule has 2 amide bonds. The number of hydrogen-bond acceptors (Lipinski definition) is 3. The number of anilines is 1. The molecule has 1 aliphatic heterocycles. The third-order valence-electron chi connectivity index (χ3n) is 3.28. The monoisotopic (exact) mass is 288 g/mol. The van der Waals surface area contributed by atoms with Gasteiger partial charge in [-0.2, -0.15) is 0 Å². The van der Waals surface area contributed by atoms with E-state index < -0.39 is 0 Å². The van der Waals surface area contributed by atoms with Gasteiger partial charge in [-0.3, -0.25) is 5.32 Å². The number of hydrogen-bond donors (Lipinski definition) is 1. The normalized spacial score (nSPS) is 18.8. The molecule has 0 saturated carbocycles. The van der Waals surface area contributed by atoms with E-state index in [9.17, 15) is 4.79 Å². The van der Waals surface area contributed by atoms with Crippen molar-refractivity contribution in [3.05, 3.63) is 53.4 Å². The highest BCUT2D eigenvalue weighted by molar-refractivity contribution is 7.14. The fourth-order valence-corrected chi connectivity index (χ4v) is 2.84. The Kier molecular flexibility index (Phi) is 3.99. The molecule has 1 aromatic heterocycles. The van der Waals surface area contributed by atoms with Gasteiger partial charge in [0.2, 0.25) is 0 Å². The maximum atomic E-state index is 12.2. The van der Waals surface area contributed by atoms with Crippen molar-refractivity contribution in [3.63, 3.8) is 0 Å². The second-order valence-corrected chi connectivity index (χ2v) is 5.57. The average molecular weight is 288 g/mol. The number of rotatable bonds is 2. The Morgan fingerprint density at radius 1 is 1.25 bits per heavy atom. The second kappa shape index (κ2) is 6.07. The minimum atomic E-state index is -0.0586. The van der Waals surface area contributed by atoms with E-state index in [2.05, 4.69) is 5.32 Å². The summed E-state index contributed by atoms with van der Waals surface area (Å²) in [5.41, 5.74) is 1.11. The average Bonchev–Trinajstić information content (AvgIpc) is 3.01. The number of thiophene rings is 1. The molecule has 2 aromatic rings. The topological polar surface area (TPSA) is 41.6 Å². The van der Waals surface area contributed by atoms with Crippen LogP contribution in [0.3, 0.4) is 0 Å². The zero-order valence-corrected chi connectivity index (χ0v) is 11.8. The molecule has 20 heavy (non-hydrogen) atoms. The molecule has 1 aromatic carbocycles. The molecule has 1 saturated heterocycles. The molecule has 0 spiro atoms. The van der Waals surface area contributed by atoms with E-state index in [0.29, 0.717) is 19.7 Å². The van der Waals surface area contributed by atoms with Gasteiger partial charge in [0, 0.05) is 6.54 Å². The minimum absolute atomic E-state index is 0.0426. The van der Waals surface area contributed by atoms with Crippen LogP contribution in [-0.4, -0.2) is 30.6 Å². The van der Waals surface area contributed by atoms with Crippen LogP contribution in [0.5, 0.6) is 0 Å². The number of amides is 2. The van der Waals surface area contributed by atoms with Crippen LogP contribution in [0.2, 0.25) is 0 Å². The standard InChI is InChI=1S/C15H16N2O2S/c18-15(16-14-7-4-10-20-14)17-8-9-19-13(11-17)12-5-2-1-3-6-12/h1-7,10,13H,8-9,11H2,(H,16,18)/t13-/m1/s1. The quantitative estimate of drug-likeness (QED) is 0.920. The van der Waals surface area contributed by atoms with Gasteiger partial charge >= 0.3 is 6.03 Å². The fourth-order valence-electron chi connectivity index (χ4n) is 2.24. The van der Waals surface area contributed by atoms with Crippen LogP contribution in [0.1, 0.15) is 11.7 Å². The number of benzene rings is 1. The first-order valence-corrected chi connectivity index (χ1v) is 7.47. The van der Waals surface area contributed by atoms with Crippen LogP contribution >= 0.6 is 11.3 Å². The third kappa shape index (κ3) is 3.00. The van der Waals surface area contributed by atoms with Crippen LogP contribution < -0.4 is 5.32 Å². The van der Waals surface area contributed by atoms with Crippen molar-refractivity contribution in [1.82, 2.24) is 4.90 Å². The summed E-state index contributed by atoms with van der Waals surface area (Å²) in [7, 11) is 0. The van der Waals surface area contributed by atoms with Gasteiger partial charge < -0.3 is 9.64 Å². The van der Waals surface area contributed by atoms with Gasteiger partial charge in [-0.25, -0.2) is 4.79 Å². The lowest BCUT2D eigenvalue weighted by molar-refractivity contribution is -0.0134. The van der Waals surface area contributed by atoms with Crippen LogP contribution in [0, 0.1) is 0 Å². The Morgan fingerprint density at radius 3 is 2.85 bits per heavy atom. The molecule has 0 aliphatic carbocycles. The van der Waals surface area contributed by atoms with Crippen molar-refractivity contribution in [2.75, 3.05) is 25.0 Å². The van der Waals surface area contributed by atoms with Gasteiger partial charge in [0.25, 0.3) is 0 Å². The zero-order valence-electron chi connectivity index (χ0n) is 11.0. The van der Waals surface area contributed by atoms with Gasteiger partial charge in [-0.1, -0.05) is 30.3 Å². The lowest BCUT2D eigenvalue weighted by atomic mass is 10.1. The highest BCUT2D eigenvalue weighted by Gasteiger charge is 2.25. The molecule has 2 heterocycles. The number of urea groups is 1. The highest BCUT2D eigenvalue weighted by Crippen LogP contribution is 2.23. The van der Waals surface area contributed by atoms with E-state index in [4.69, 9.17) is 4.74 Å². The molecule has 4 nitrogen and oxygen atoms in total. The van der Waals surface area contributed by atoms with E-state index in [1.54, 1.807) is 4.90 Å². The SMILES string of the molecule is O=C(Nc1cccs1)N1CCO[C@@H](c2ccccc2)C1. The first kappa shape index (κ1) is 13.1. The molecule has 0 bridgehead atoms. The van der Waals surface area contributed by atoms with E-state index in [1.807, 2.05) is 47.8 Å². The molecular weight excluding hydrogens is 272 g/mol. The highest BCUT2D eigenvalue weighted by atomic mass is 32.1. The van der Waals surface area contributed by atoms with Gasteiger partial charge in [0.1, 0.15) is 6.10 Å². The largest absolute Gasteiger partial charge is 0.370 e. The van der Waals surface area contributed by atoms with Crippen LogP contribution in [0.15, 0.2) is 47.8 Å².